The molecule has 1 unspecified atom stereocenters. The first kappa shape index (κ1) is 16.4. The van der Waals surface area contributed by atoms with Gasteiger partial charge in [-0.2, -0.15) is 0 Å². The normalized spacial score (nSPS) is 12.0. The molecule has 0 amide bonds. The lowest BCUT2D eigenvalue weighted by Crippen LogP contribution is -2.24. The zero-order valence-electron chi connectivity index (χ0n) is 13.2. The summed E-state index contributed by atoms with van der Waals surface area (Å²) in [6, 6.07) is 19.9. The second-order valence-corrected chi connectivity index (χ2v) is 5.41. The molecule has 2 rings (SSSR count). The molecule has 0 saturated heterocycles. The summed E-state index contributed by atoms with van der Waals surface area (Å²) < 4.78 is 5.66. The fraction of sp³-hybridized carbons (Fsp3) is 0.350. The summed E-state index contributed by atoms with van der Waals surface area (Å²) in [7, 11) is 0. The molecule has 22 heavy (non-hydrogen) atoms. The van der Waals surface area contributed by atoms with Gasteiger partial charge in [-0.3, -0.25) is 4.79 Å². The minimum Gasteiger partial charge on any atom is -0.370 e. The van der Waals surface area contributed by atoms with Crippen molar-refractivity contribution in [1.29, 1.82) is 0 Å². The third kappa shape index (κ3) is 5.12. The van der Waals surface area contributed by atoms with E-state index in [-0.39, 0.29) is 11.9 Å². The largest absolute Gasteiger partial charge is 0.370 e. The van der Waals surface area contributed by atoms with Crippen molar-refractivity contribution in [3.63, 3.8) is 0 Å². The first-order chi connectivity index (χ1) is 10.8. The lowest BCUT2D eigenvalue weighted by molar-refractivity contribution is 0.0417. The molecule has 0 radical (unpaired) electrons. The van der Waals surface area contributed by atoms with Crippen molar-refractivity contribution in [2.75, 3.05) is 6.61 Å². The Bertz CT molecular complexity index is 548. The van der Waals surface area contributed by atoms with Crippen LogP contribution in [0.5, 0.6) is 0 Å². The molecule has 1 atom stereocenters. The number of benzene rings is 2. The fourth-order valence-electron chi connectivity index (χ4n) is 2.58. The number of rotatable bonds is 9. The molecular formula is C20H24O2. The van der Waals surface area contributed by atoms with E-state index in [9.17, 15) is 4.79 Å². The molecule has 116 valence electrons. The van der Waals surface area contributed by atoms with Gasteiger partial charge in [0.25, 0.3) is 0 Å². The SMILES string of the molecule is CCOC(CCCCc1ccccc1)C(=O)c1ccccc1. The number of carbonyl (C=O) groups excluding carboxylic acids is 1. The number of carbonyl (C=O) groups is 1. The standard InChI is InChI=1S/C20H24O2/c1-2-22-19(20(21)18-14-7-4-8-15-18)16-10-9-13-17-11-5-3-6-12-17/h3-8,11-12,14-15,19H,2,9-10,13,16H2,1H3. The highest BCUT2D eigenvalue weighted by molar-refractivity contribution is 5.99. The van der Waals surface area contributed by atoms with Gasteiger partial charge >= 0.3 is 0 Å². The van der Waals surface area contributed by atoms with Gasteiger partial charge < -0.3 is 4.74 Å². The summed E-state index contributed by atoms with van der Waals surface area (Å²) in [6.45, 7) is 2.51. The van der Waals surface area contributed by atoms with Crippen LogP contribution in [-0.2, 0) is 11.2 Å². The molecule has 0 aliphatic carbocycles. The van der Waals surface area contributed by atoms with E-state index in [0.717, 1.165) is 31.2 Å². The van der Waals surface area contributed by atoms with Gasteiger partial charge in [0.2, 0.25) is 0 Å². The Morgan fingerprint density at radius 2 is 1.59 bits per heavy atom. The molecule has 0 heterocycles. The summed E-state index contributed by atoms with van der Waals surface area (Å²) >= 11 is 0. The Morgan fingerprint density at radius 1 is 0.955 bits per heavy atom. The quantitative estimate of drug-likeness (QED) is 0.496. The molecule has 2 aromatic rings. The molecule has 2 aromatic carbocycles. The summed E-state index contributed by atoms with van der Waals surface area (Å²) in [5.74, 6) is 0.0992. The Kier molecular flexibility index (Phi) is 6.85. The van der Waals surface area contributed by atoms with E-state index >= 15 is 0 Å². The minimum atomic E-state index is -0.317. The Hall–Kier alpha value is -1.93. The number of ether oxygens (including phenoxy) is 1. The highest BCUT2D eigenvalue weighted by atomic mass is 16.5. The van der Waals surface area contributed by atoms with Crippen LogP contribution in [0.1, 0.15) is 42.1 Å². The fourth-order valence-corrected chi connectivity index (χ4v) is 2.58. The van der Waals surface area contributed by atoms with E-state index in [4.69, 9.17) is 4.74 Å². The lowest BCUT2D eigenvalue weighted by Gasteiger charge is -2.16. The average molecular weight is 296 g/mol. The number of aryl methyl sites for hydroxylation is 1. The molecule has 0 fully saturated rings. The average Bonchev–Trinajstić information content (AvgIpc) is 2.59. The Labute approximate surface area is 133 Å². The van der Waals surface area contributed by atoms with Crippen LogP contribution in [0.3, 0.4) is 0 Å². The van der Waals surface area contributed by atoms with Crippen LogP contribution < -0.4 is 0 Å². The van der Waals surface area contributed by atoms with Crippen LogP contribution >= 0.6 is 0 Å². The van der Waals surface area contributed by atoms with Crippen molar-refractivity contribution in [1.82, 2.24) is 0 Å². The summed E-state index contributed by atoms with van der Waals surface area (Å²) in [5.41, 5.74) is 2.09. The lowest BCUT2D eigenvalue weighted by atomic mass is 10.00. The van der Waals surface area contributed by atoms with Gasteiger partial charge in [-0.25, -0.2) is 0 Å². The molecule has 2 heteroatoms. The van der Waals surface area contributed by atoms with Gasteiger partial charge in [0.15, 0.2) is 5.78 Å². The van der Waals surface area contributed by atoms with E-state index in [2.05, 4.69) is 24.3 Å². The monoisotopic (exact) mass is 296 g/mol. The molecule has 0 aliphatic rings. The van der Waals surface area contributed by atoms with Gasteiger partial charge in [-0.05, 0) is 31.7 Å². The Balaban J connectivity index is 1.83. The van der Waals surface area contributed by atoms with E-state index in [1.54, 1.807) is 0 Å². The van der Waals surface area contributed by atoms with Gasteiger partial charge in [-0.15, -0.1) is 0 Å². The van der Waals surface area contributed by atoms with Crippen molar-refractivity contribution >= 4 is 5.78 Å². The number of Topliss-reactive ketones (excluding diaryl/α,β-unsaturated/α-hetero) is 1. The zero-order chi connectivity index (χ0) is 15.6. The van der Waals surface area contributed by atoms with Crippen molar-refractivity contribution in [2.24, 2.45) is 0 Å². The molecule has 0 aliphatic heterocycles. The van der Waals surface area contributed by atoms with Crippen LogP contribution in [0.4, 0.5) is 0 Å². The van der Waals surface area contributed by atoms with E-state index in [1.807, 2.05) is 43.3 Å². The van der Waals surface area contributed by atoms with Gasteiger partial charge in [0.1, 0.15) is 6.10 Å². The summed E-state index contributed by atoms with van der Waals surface area (Å²) in [4.78, 5) is 12.5. The predicted octanol–water partition coefficient (Wildman–Crippen LogP) is 4.69. The molecular weight excluding hydrogens is 272 g/mol. The van der Waals surface area contributed by atoms with Crippen LogP contribution in [0.2, 0.25) is 0 Å². The number of ketones is 1. The summed E-state index contributed by atoms with van der Waals surface area (Å²) in [6.07, 6.45) is 3.60. The first-order valence-corrected chi connectivity index (χ1v) is 8.06. The van der Waals surface area contributed by atoms with Crippen molar-refractivity contribution in [3.8, 4) is 0 Å². The van der Waals surface area contributed by atoms with E-state index in [0.29, 0.717) is 6.61 Å². The van der Waals surface area contributed by atoms with Gasteiger partial charge in [0, 0.05) is 12.2 Å². The zero-order valence-corrected chi connectivity index (χ0v) is 13.2. The van der Waals surface area contributed by atoms with Crippen molar-refractivity contribution in [3.05, 3.63) is 71.8 Å². The second kappa shape index (κ2) is 9.16. The van der Waals surface area contributed by atoms with Crippen LogP contribution in [-0.4, -0.2) is 18.5 Å². The second-order valence-electron chi connectivity index (χ2n) is 5.41. The molecule has 0 saturated carbocycles. The summed E-state index contributed by atoms with van der Waals surface area (Å²) in [5, 5.41) is 0. The van der Waals surface area contributed by atoms with Gasteiger partial charge in [0.05, 0.1) is 0 Å². The van der Waals surface area contributed by atoms with Crippen molar-refractivity contribution < 1.29 is 9.53 Å². The van der Waals surface area contributed by atoms with Crippen LogP contribution in [0.25, 0.3) is 0 Å². The number of hydrogen-bond donors (Lipinski definition) is 0. The number of unbranched alkanes of at least 4 members (excludes halogenated alkanes) is 1. The first-order valence-electron chi connectivity index (χ1n) is 8.06. The third-order valence-corrected chi connectivity index (χ3v) is 3.74. The van der Waals surface area contributed by atoms with Gasteiger partial charge in [-0.1, -0.05) is 67.1 Å². The molecule has 2 nitrogen and oxygen atoms in total. The maximum atomic E-state index is 12.5. The topological polar surface area (TPSA) is 26.3 Å². The van der Waals surface area contributed by atoms with Crippen LogP contribution in [0, 0.1) is 0 Å². The predicted molar refractivity (Wildman–Crippen MR) is 90.2 cm³/mol. The minimum absolute atomic E-state index is 0.0992. The van der Waals surface area contributed by atoms with Crippen molar-refractivity contribution in [2.45, 2.75) is 38.7 Å². The van der Waals surface area contributed by atoms with Crippen LogP contribution in [0.15, 0.2) is 60.7 Å². The number of hydrogen-bond acceptors (Lipinski definition) is 2. The highest BCUT2D eigenvalue weighted by Gasteiger charge is 2.19. The molecule has 0 N–H and O–H groups in total. The molecule has 0 spiro atoms. The van der Waals surface area contributed by atoms with E-state index < -0.39 is 0 Å². The maximum Gasteiger partial charge on any atom is 0.191 e. The Morgan fingerprint density at radius 3 is 2.23 bits per heavy atom. The third-order valence-electron chi connectivity index (χ3n) is 3.74. The maximum absolute atomic E-state index is 12.5. The molecule has 0 bridgehead atoms. The highest BCUT2D eigenvalue weighted by Crippen LogP contribution is 2.14. The van der Waals surface area contributed by atoms with E-state index in [1.165, 1.54) is 5.56 Å². The smallest absolute Gasteiger partial charge is 0.191 e. The molecule has 0 aromatic heterocycles.